The average Bonchev–Trinajstić information content (AvgIpc) is 2.76. The Morgan fingerprint density at radius 2 is 1.64 bits per heavy atom. The molecule has 10 nitrogen and oxygen atoms in total. The molecule has 0 bridgehead atoms. The van der Waals surface area contributed by atoms with Gasteiger partial charge in [-0.3, -0.25) is 14.8 Å². The molecule has 0 saturated heterocycles. The van der Waals surface area contributed by atoms with Crippen molar-refractivity contribution in [2.45, 2.75) is 4.90 Å². The highest BCUT2D eigenvalue weighted by Crippen LogP contribution is 2.41. The van der Waals surface area contributed by atoms with Crippen molar-refractivity contribution in [2.75, 3.05) is 18.9 Å². The molecule has 14 heteroatoms. The summed E-state index contributed by atoms with van der Waals surface area (Å²) in [6.07, 6.45) is 0. The largest absolute Gasteiger partial charge is 0.481 e. The number of non-ortho nitro benzene ring substituents is 1. The first-order valence-electron chi connectivity index (χ1n) is 8.78. The van der Waals surface area contributed by atoms with E-state index in [1.807, 2.05) is 0 Å². The minimum absolute atomic E-state index is 0.0112. The number of nitrogens with one attached hydrogen (secondary N) is 1. The van der Waals surface area contributed by atoms with Crippen molar-refractivity contribution in [3.63, 3.8) is 0 Å². The van der Waals surface area contributed by atoms with Crippen LogP contribution in [0.4, 0.5) is 11.4 Å². The molecule has 3 aromatic rings. The zero-order chi connectivity index (χ0) is 24.3. The van der Waals surface area contributed by atoms with Crippen LogP contribution in [0.2, 0.25) is 15.1 Å². The van der Waals surface area contributed by atoms with Crippen molar-refractivity contribution in [3.05, 3.63) is 67.6 Å². The lowest BCUT2D eigenvalue weighted by Gasteiger charge is -2.14. The summed E-state index contributed by atoms with van der Waals surface area (Å²) in [5.41, 5.74) is -0.177. The molecule has 0 radical (unpaired) electrons. The van der Waals surface area contributed by atoms with Crippen LogP contribution < -0.4 is 18.9 Å². The molecule has 3 rings (SSSR count). The van der Waals surface area contributed by atoms with Crippen molar-refractivity contribution < 1.29 is 27.6 Å². The lowest BCUT2D eigenvalue weighted by Crippen LogP contribution is -2.14. The molecule has 1 aromatic heterocycles. The Balaban J connectivity index is 1.91. The Labute approximate surface area is 203 Å². The third-order valence-corrected chi connectivity index (χ3v) is 6.30. The minimum atomic E-state index is -4.16. The van der Waals surface area contributed by atoms with Gasteiger partial charge >= 0.3 is 0 Å². The van der Waals surface area contributed by atoms with E-state index in [-0.39, 0.29) is 54.6 Å². The fourth-order valence-electron chi connectivity index (χ4n) is 2.56. The van der Waals surface area contributed by atoms with Crippen molar-refractivity contribution in [3.8, 4) is 23.3 Å². The second kappa shape index (κ2) is 9.87. The first kappa shape index (κ1) is 24.6. The van der Waals surface area contributed by atoms with Crippen molar-refractivity contribution in [1.82, 2.24) is 4.98 Å². The molecule has 0 amide bonds. The Bertz CT molecular complexity index is 1310. The van der Waals surface area contributed by atoms with Crippen LogP contribution >= 0.6 is 34.8 Å². The minimum Gasteiger partial charge on any atom is -0.481 e. The molecular weight excluding hydrogens is 521 g/mol. The number of pyridine rings is 1. The maximum atomic E-state index is 12.9. The lowest BCUT2D eigenvalue weighted by molar-refractivity contribution is -0.384. The quantitative estimate of drug-likeness (QED) is 0.294. The van der Waals surface area contributed by atoms with E-state index in [1.54, 1.807) is 0 Å². The van der Waals surface area contributed by atoms with Gasteiger partial charge in [0.15, 0.2) is 5.75 Å². The fraction of sp³-hybridized carbons (Fsp3) is 0.105. The van der Waals surface area contributed by atoms with E-state index in [0.29, 0.717) is 0 Å². The van der Waals surface area contributed by atoms with Gasteiger partial charge in [-0.25, -0.2) is 8.42 Å². The van der Waals surface area contributed by atoms with Gasteiger partial charge in [0.25, 0.3) is 15.7 Å². The Kier molecular flexibility index (Phi) is 7.38. The smallest absolute Gasteiger partial charge is 0.271 e. The number of rotatable bonds is 8. The number of benzene rings is 2. The van der Waals surface area contributed by atoms with Crippen LogP contribution in [0.3, 0.4) is 0 Å². The summed E-state index contributed by atoms with van der Waals surface area (Å²) >= 11 is 18.5. The zero-order valence-electron chi connectivity index (χ0n) is 16.8. The number of hydrogen-bond acceptors (Lipinski definition) is 8. The molecule has 0 aliphatic rings. The van der Waals surface area contributed by atoms with Gasteiger partial charge in [0.1, 0.15) is 11.4 Å². The fourth-order valence-corrected chi connectivity index (χ4v) is 4.58. The first-order valence-corrected chi connectivity index (χ1v) is 11.4. The highest BCUT2D eigenvalue weighted by atomic mass is 35.5. The van der Waals surface area contributed by atoms with Gasteiger partial charge in [-0.1, -0.05) is 34.8 Å². The molecular formula is C19H14Cl3N3O7S. The number of sulfonamides is 1. The molecule has 0 atom stereocenters. The highest BCUT2D eigenvalue weighted by molar-refractivity contribution is 7.92. The van der Waals surface area contributed by atoms with Gasteiger partial charge in [-0.05, 0) is 24.3 Å². The molecule has 0 saturated carbocycles. The van der Waals surface area contributed by atoms with Crippen LogP contribution in [-0.2, 0) is 10.0 Å². The summed E-state index contributed by atoms with van der Waals surface area (Å²) in [6, 6.07) is 8.65. The second-order valence-electron chi connectivity index (χ2n) is 6.21. The first-order chi connectivity index (χ1) is 15.6. The number of halogens is 3. The number of ether oxygens (including phenoxy) is 3. The van der Waals surface area contributed by atoms with Gasteiger partial charge < -0.3 is 14.2 Å². The van der Waals surface area contributed by atoms with E-state index in [1.165, 1.54) is 38.5 Å². The van der Waals surface area contributed by atoms with E-state index in [2.05, 4.69) is 9.71 Å². The summed E-state index contributed by atoms with van der Waals surface area (Å²) in [6.45, 7) is 0. The Morgan fingerprint density at radius 3 is 2.18 bits per heavy atom. The van der Waals surface area contributed by atoms with E-state index in [9.17, 15) is 18.5 Å². The number of aromatic nitrogens is 1. The maximum Gasteiger partial charge on any atom is 0.271 e. The van der Waals surface area contributed by atoms with Crippen LogP contribution in [0, 0.1) is 10.1 Å². The van der Waals surface area contributed by atoms with Crippen molar-refractivity contribution in [2.24, 2.45) is 0 Å². The molecule has 174 valence electrons. The summed E-state index contributed by atoms with van der Waals surface area (Å²) in [4.78, 5) is 14.0. The predicted molar refractivity (Wildman–Crippen MR) is 123 cm³/mol. The van der Waals surface area contributed by atoms with Gasteiger partial charge in [-0.2, -0.15) is 4.98 Å². The summed E-state index contributed by atoms with van der Waals surface area (Å²) in [7, 11) is -1.43. The normalized spacial score (nSPS) is 11.1. The standard InChI is InChI=1S/C19H14Cl3N3O7S/c1-30-17-6-4-15(19(23-17)31-2)24-33(28,29)11-8-13(21)18(14(22)9-11)32-16-5-3-10(25(26)27)7-12(16)20/h3-9,24H,1-2H3. The average molecular weight is 535 g/mol. The Hall–Kier alpha value is -2.99. The number of methoxy groups -OCH3 is 2. The predicted octanol–water partition coefficient (Wildman–Crippen LogP) is 5.56. The van der Waals surface area contributed by atoms with Crippen LogP contribution in [0.15, 0.2) is 47.4 Å². The third-order valence-electron chi connectivity index (χ3n) is 4.10. The Morgan fingerprint density at radius 1 is 0.970 bits per heavy atom. The molecule has 1 N–H and O–H groups in total. The monoisotopic (exact) mass is 533 g/mol. The maximum absolute atomic E-state index is 12.9. The van der Waals surface area contributed by atoms with Gasteiger partial charge in [0, 0.05) is 18.2 Å². The molecule has 0 fully saturated rings. The van der Waals surface area contributed by atoms with E-state index in [0.717, 1.165) is 18.2 Å². The highest BCUT2D eigenvalue weighted by Gasteiger charge is 2.22. The second-order valence-corrected chi connectivity index (χ2v) is 9.11. The molecule has 0 aliphatic heterocycles. The van der Waals surface area contributed by atoms with Gasteiger partial charge in [-0.15, -0.1) is 0 Å². The van der Waals surface area contributed by atoms with E-state index < -0.39 is 14.9 Å². The lowest BCUT2D eigenvalue weighted by atomic mass is 10.3. The molecule has 0 aliphatic carbocycles. The van der Waals surface area contributed by atoms with Crippen molar-refractivity contribution in [1.29, 1.82) is 0 Å². The number of nitrogens with zero attached hydrogens (tertiary/aromatic N) is 2. The topological polar surface area (TPSA) is 130 Å². The number of nitro benzene ring substituents is 1. The van der Waals surface area contributed by atoms with Gasteiger partial charge in [0.05, 0.1) is 39.1 Å². The molecule has 1 heterocycles. The molecule has 2 aromatic carbocycles. The van der Waals surface area contributed by atoms with Crippen LogP contribution in [0.1, 0.15) is 0 Å². The van der Waals surface area contributed by atoms with Gasteiger partial charge in [0.2, 0.25) is 11.8 Å². The van der Waals surface area contributed by atoms with Crippen molar-refractivity contribution >= 4 is 56.2 Å². The summed E-state index contributed by atoms with van der Waals surface area (Å²) < 4.78 is 43.8. The van der Waals surface area contributed by atoms with E-state index in [4.69, 9.17) is 49.0 Å². The number of hydrogen-bond donors (Lipinski definition) is 1. The third kappa shape index (κ3) is 5.50. The van der Waals surface area contributed by atoms with Crippen LogP contribution in [-0.4, -0.2) is 32.5 Å². The SMILES string of the molecule is COc1ccc(NS(=O)(=O)c2cc(Cl)c(Oc3ccc([N+](=O)[O-])cc3Cl)c(Cl)c2)c(OC)n1. The number of anilines is 1. The summed E-state index contributed by atoms with van der Waals surface area (Å²) in [5, 5.41) is 10.5. The van der Waals surface area contributed by atoms with Crippen LogP contribution in [0.25, 0.3) is 0 Å². The number of nitro groups is 1. The summed E-state index contributed by atoms with van der Waals surface area (Å²) in [5.74, 6) is 0.167. The zero-order valence-corrected chi connectivity index (χ0v) is 19.9. The molecule has 33 heavy (non-hydrogen) atoms. The van der Waals surface area contributed by atoms with E-state index >= 15 is 0 Å². The van der Waals surface area contributed by atoms with Crippen LogP contribution in [0.5, 0.6) is 23.3 Å². The molecule has 0 spiro atoms. The molecule has 0 unspecified atom stereocenters.